The molecule has 1 saturated heterocycles. The van der Waals surface area contributed by atoms with Crippen molar-refractivity contribution in [3.05, 3.63) is 0 Å². The zero-order valence-electron chi connectivity index (χ0n) is 14.7. The molecule has 1 rings (SSSR count). The normalized spacial score (nSPS) is 26.0. The summed E-state index contributed by atoms with van der Waals surface area (Å²) in [7, 11) is 0. The molecular weight excluding hydrogens is 286 g/mol. The number of rotatable bonds is 2. The van der Waals surface area contributed by atoms with Crippen LogP contribution in [0.3, 0.4) is 0 Å². The third kappa shape index (κ3) is 4.60. The van der Waals surface area contributed by atoms with Crippen LogP contribution in [-0.4, -0.2) is 52.0 Å². The van der Waals surface area contributed by atoms with Crippen molar-refractivity contribution in [1.29, 1.82) is 0 Å². The number of nitrogens with zero attached hydrogens (tertiary/aromatic N) is 1. The molecule has 0 radical (unpaired) electrons. The maximum Gasteiger partial charge on any atom is 0.411 e. The summed E-state index contributed by atoms with van der Waals surface area (Å²) in [5, 5.41) is 9.41. The fourth-order valence-electron chi connectivity index (χ4n) is 2.49. The third-order valence-corrected chi connectivity index (χ3v) is 3.43. The van der Waals surface area contributed by atoms with E-state index >= 15 is 0 Å². The lowest BCUT2D eigenvalue weighted by atomic mass is 9.94. The van der Waals surface area contributed by atoms with Gasteiger partial charge in [-0.05, 0) is 54.9 Å². The average molecular weight is 315 g/mol. The van der Waals surface area contributed by atoms with Crippen LogP contribution in [0.4, 0.5) is 4.79 Å². The fourth-order valence-corrected chi connectivity index (χ4v) is 2.49. The molecule has 1 amide bonds. The first-order valence-electron chi connectivity index (χ1n) is 7.63. The van der Waals surface area contributed by atoms with E-state index in [0.29, 0.717) is 6.42 Å². The van der Waals surface area contributed by atoms with Crippen LogP contribution >= 0.6 is 0 Å². The van der Waals surface area contributed by atoms with Crippen molar-refractivity contribution in [2.24, 2.45) is 5.92 Å². The van der Waals surface area contributed by atoms with Crippen molar-refractivity contribution >= 4 is 12.1 Å². The van der Waals surface area contributed by atoms with E-state index in [1.165, 1.54) is 4.90 Å². The van der Waals surface area contributed by atoms with Crippen LogP contribution in [0.5, 0.6) is 0 Å². The van der Waals surface area contributed by atoms with E-state index in [2.05, 4.69) is 0 Å². The molecule has 0 aromatic rings. The predicted octanol–water partition coefficient (Wildman–Crippen LogP) is 2.34. The molecule has 0 aliphatic carbocycles. The monoisotopic (exact) mass is 315 g/mol. The van der Waals surface area contributed by atoms with Gasteiger partial charge in [0.1, 0.15) is 16.7 Å². The Morgan fingerprint density at radius 1 is 1.14 bits per heavy atom. The molecule has 0 saturated carbocycles. The Balaban J connectivity index is 3.01. The maximum absolute atomic E-state index is 12.6. The van der Waals surface area contributed by atoms with Gasteiger partial charge < -0.3 is 14.6 Å². The Morgan fingerprint density at radius 3 is 2.05 bits per heavy atom. The number of aliphatic hydroxyl groups excluding tert-OH is 1. The fraction of sp³-hybridized carbons (Fsp3) is 0.875. The minimum atomic E-state index is -1.12. The van der Waals surface area contributed by atoms with Crippen LogP contribution in [0.15, 0.2) is 0 Å². The van der Waals surface area contributed by atoms with E-state index in [9.17, 15) is 14.7 Å². The van der Waals surface area contributed by atoms with Gasteiger partial charge in [-0.25, -0.2) is 9.59 Å². The minimum Gasteiger partial charge on any atom is -0.458 e. The molecule has 1 aliphatic rings. The van der Waals surface area contributed by atoms with Gasteiger partial charge in [-0.3, -0.25) is 4.90 Å². The van der Waals surface area contributed by atoms with E-state index in [0.717, 1.165) is 0 Å². The number of aliphatic hydroxyl groups is 1. The number of likely N-dealkylation sites (tertiary alicyclic amines) is 1. The Bertz CT molecular complexity index is 435. The molecular formula is C16H29NO5. The number of carbonyl (C=O) groups is 2. The highest BCUT2D eigenvalue weighted by molar-refractivity contribution is 5.86. The molecule has 2 atom stereocenters. The lowest BCUT2D eigenvalue weighted by molar-refractivity contribution is -0.166. The van der Waals surface area contributed by atoms with E-state index in [-0.39, 0.29) is 19.1 Å². The van der Waals surface area contributed by atoms with Crippen molar-refractivity contribution in [3.63, 3.8) is 0 Å². The van der Waals surface area contributed by atoms with Crippen LogP contribution in [0.2, 0.25) is 0 Å². The quantitative estimate of drug-likeness (QED) is 0.792. The first-order chi connectivity index (χ1) is 9.78. The Hall–Kier alpha value is -1.30. The average Bonchev–Trinajstić information content (AvgIpc) is 2.63. The molecule has 0 aromatic carbocycles. The second-order valence-electron chi connectivity index (χ2n) is 8.12. The number of amides is 1. The Kier molecular flexibility index (Phi) is 5.17. The summed E-state index contributed by atoms with van der Waals surface area (Å²) in [5.41, 5.74) is -2.41. The molecule has 1 heterocycles. The zero-order valence-corrected chi connectivity index (χ0v) is 14.7. The standard InChI is InChI=1S/C16H29NO5/c1-14(2,3)21-12(19)16(7)8-11(10-18)9-17(16)13(20)22-15(4,5)6/h11,18H,8-10H2,1-7H3. The summed E-state index contributed by atoms with van der Waals surface area (Å²) in [5.74, 6) is -0.633. The first kappa shape index (κ1) is 18.7. The van der Waals surface area contributed by atoms with E-state index in [4.69, 9.17) is 9.47 Å². The second-order valence-corrected chi connectivity index (χ2v) is 8.12. The van der Waals surface area contributed by atoms with Gasteiger partial charge in [0.2, 0.25) is 0 Å². The summed E-state index contributed by atoms with van der Waals surface area (Å²) >= 11 is 0. The molecule has 0 aromatic heterocycles. The summed E-state index contributed by atoms with van der Waals surface area (Å²) in [4.78, 5) is 26.4. The van der Waals surface area contributed by atoms with Crippen molar-refractivity contribution < 1.29 is 24.2 Å². The molecule has 1 aliphatic heterocycles. The third-order valence-electron chi connectivity index (χ3n) is 3.43. The van der Waals surface area contributed by atoms with Crippen molar-refractivity contribution in [1.82, 2.24) is 4.90 Å². The topological polar surface area (TPSA) is 76.1 Å². The van der Waals surface area contributed by atoms with Crippen LogP contribution in [-0.2, 0) is 14.3 Å². The molecule has 1 fully saturated rings. The van der Waals surface area contributed by atoms with Gasteiger partial charge in [0.15, 0.2) is 0 Å². The Labute approximate surface area is 132 Å². The first-order valence-corrected chi connectivity index (χ1v) is 7.63. The predicted molar refractivity (Wildman–Crippen MR) is 82.4 cm³/mol. The number of hydrogen-bond acceptors (Lipinski definition) is 5. The lowest BCUT2D eigenvalue weighted by Gasteiger charge is -2.36. The minimum absolute atomic E-state index is 0.0856. The van der Waals surface area contributed by atoms with Gasteiger partial charge in [-0.1, -0.05) is 0 Å². The van der Waals surface area contributed by atoms with Crippen molar-refractivity contribution in [2.75, 3.05) is 13.2 Å². The summed E-state index contributed by atoms with van der Waals surface area (Å²) in [6.45, 7) is 12.5. The maximum atomic E-state index is 12.6. The van der Waals surface area contributed by atoms with Gasteiger partial charge >= 0.3 is 12.1 Å². The smallest absolute Gasteiger partial charge is 0.411 e. The van der Waals surface area contributed by atoms with E-state index in [1.54, 1.807) is 48.5 Å². The molecule has 2 unspecified atom stereocenters. The number of hydrogen-bond donors (Lipinski definition) is 1. The van der Waals surface area contributed by atoms with Crippen LogP contribution in [0.1, 0.15) is 54.9 Å². The Morgan fingerprint density at radius 2 is 1.64 bits per heavy atom. The van der Waals surface area contributed by atoms with Crippen molar-refractivity contribution in [2.45, 2.75) is 71.6 Å². The number of carbonyl (C=O) groups excluding carboxylic acids is 2. The molecule has 128 valence electrons. The largest absolute Gasteiger partial charge is 0.458 e. The molecule has 6 heteroatoms. The van der Waals surface area contributed by atoms with Crippen molar-refractivity contribution in [3.8, 4) is 0 Å². The van der Waals surface area contributed by atoms with Gasteiger partial charge in [0, 0.05) is 19.1 Å². The zero-order chi connectivity index (χ0) is 17.3. The summed E-state index contributed by atoms with van der Waals surface area (Å²) in [6, 6.07) is 0. The molecule has 0 bridgehead atoms. The lowest BCUT2D eigenvalue weighted by Crippen LogP contribution is -2.54. The molecule has 1 N–H and O–H groups in total. The van der Waals surface area contributed by atoms with Crippen LogP contribution < -0.4 is 0 Å². The van der Waals surface area contributed by atoms with Crippen LogP contribution in [0.25, 0.3) is 0 Å². The van der Waals surface area contributed by atoms with Gasteiger partial charge in [-0.15, -0.1) is 0 Å². The SMILES string of the molecule is CC(C)(C)OC(=O)N1CC(CO)CC1(C)C(=O)OC(C)(C)C. The van der Waals surface area contributed by atoms with Crippen LogP contribution in [0, 0.1) is 5.92 Å². The molecule has 6 nitrogen and oxygen atoms in total. The summed E-state index contributed by atoms with van der Waals surface area (Å²) < 4.78 is 10.8. The number of esters is 1. The highest BCUT2D eigenvalue weighted by atomic mass is 16.6. The molecule has 22 heavy (non-hydrogen) atoms. The summed E-state index contributed by atoms with van der Waals surface area (Å²) in [6.07, 6.45) is -0.200. The molecule has 0 spiro atoms. The van der Waals surface area contributed by atoms with Gasteiger partial charge in [-0.2, -0.15) is 0 Å². The van der Waals surface area contributed by atoms with E-state index < -0.39 is 28.8 Å². The highest BCUT2D eigenvalue weighted by Gasteiger charge is 2.52. The van der Waals surface area contributed by atoms with Gasteiger partial charge in [0.25, 0.3) is 0 Å². The highest BCUT2D eigenvalue weighted by Crippen LogP contribution is 2.36. The number of ether oxygens (including phenoxy) is 2. The van der Waals surface area contributed by atoms with Gasteiger partial charge in [0.05, 0.1) is 0 Å². The van der Waals surface area contributed by atoms with E-state index in [1.807, 2.05) is 0 Å². The second kappa shape index (κ2) is 6.07.